The Kier molecular flexibility index (Phi) is 6.73. The molecule has 0 spiro atoms. The van der Waals surface area contributed by atoms with Crippen LogP contribution in [0.1, 0.15) is 25.5 Å². The number of aliphatic hydroxyl groups is 4. The summed E-state index contributed by atoms with van der Waals surface area (Å²) in [7, 11) is 0. The second kappa shape index (κ2) is 9.93. The number of ether oxygens (including phenoxy) is 1. The molecule has 15 heteroatoms. The van der Waals surface area contributed by atoms with Crippen molar-refractivity contribution in [3.05, 3.63) is 30.5 Å². The van der Waals surface area contributed by atoms with Crippen molar-refractivity contribution in [1.82, 2.24) is 39.5 Å². The average Bonchev–Trinajstić information content (AvgIpc) is 3.64. The number of aromatic nitrogens is 8. The number of aliphatic hydroxyl groups excluding tert-OH is 4. The van der Waals surface area contributed by atoms with Gasteiger partial charge in [-0.2, -0.15) is 0 Å². The molecule has 2 fully saturated rings. The highest BCUT2D eigenvalue weighted by Gasteiger charge is 2.44. The first kappa shape index (κ1) is 23.7. The average molecular weight is 506 g/mol. The number of halogens is 1. The third kappa shape index (κ3) is 4.63. The summed E-state index contributed by atoms with van der Waals surface area (Å²) in [6, 6.07) is 0.118. The molecule has 6 rings (SSSR count). The fourth-order valence-electron chi connectivity index (χ4n) is 4.27. The van der Waals surface area contributed by atoms with Gasteiger partial charge in [0.2, 0.25) is 0 Å². The van der Waals surface area contributed by atoms with E-state index in [1.54, 1.807) is 0 Å². The molecule has 5 heterocycles. The van der Waals surface area contributed by atoms with Gasteiger partial charge in [0.05, 0.1) is 25.4 Å². The first-order valence-electron chi connectivity index (χ1n) is 11.0. The van der Waals surface area contributed by atoms with Gasteiger partial charge in [0, 0.05) is 6.04 Å². The second-order valence-electron chi connectivity index (χ2n) is 8.35. The predicted octanol–water partition coefficient (Wildman–Crippen LogP) is -0.231. The Morgan fingerprint density at radius 3 is 2.60 bits per heavy atom. The largest absolute Gasteiger partial charge is 0.394 e. The number of rotatable bonds is 4. The van der Waals surface area contributed by atoms with Crippen molar-refractivity contribution in [2.24, 2.45) is 0 Å². The van der Waals surface area contributed by atoms with Crippen molar-refractivity contribution in [1.29, 1.82) is 0 Å². The van der Waals surface area contributed by atoms with Crippen molar-refractivity contribution in [3.8, 4) is 0 Å². The summed E-state index contributed by atoms with van der Waals surface area (Å²) in [6.45, 7) is -0.396. The molecule has 1 saturated carbocycles. The minimum Gasteiger partial charge on any atom is -0.394 e. The Bertz CT molecular complexity index is 1300. The predicted molar refractivity (Wildman–Crippen MR) is 122 cm³/mol. The van der Waals surface area contributed by atoms with E-state index in [4.69, 9.17) is 16.3 Å². The summed E-state index contributed by atoms with van der Waals surface area (Å²) < 4.78 is 7.06. The van der Waals surface area contributed by atoms with Crippen LogP contribution in [-0.4, -0.2) is 96.9 Å². The summed E-state index contributed by atoms with van der Waals surface area (Å²) >= 11 is 5.68. The SMILES string of the molecule is Clc1ncnc2nc[nH]c12.OC[C@H]1O[C@@H](n2cnc3c(N[C@H]4CC[C@H](O)C4)ncnc32)[C@H](O)[C@@H]1O. The van der Waals surface area contributed by atoms with Gasteiger partial charge in [-0.15, -0.1) is 0 Å². The van der Waals surface area contributed by atoms with Crippen LogP contribution >= 0.6 is 11.6 Å². The van der Waals surface area contributed by atoms with E-state index in [2.05, 4.69) is 40.2 Å². The maximum absolute atomic E-state index is 10.2. The van der Waals surface area contributed by atoms with Gasteiger partial charge in [-0.25, -0.2) is 29.9 Å². The number of anilines is 1. The monoisotopic (exact) mass is 505 g/mol. The molecule has 0 aromatic carbocycles. The molecule has 1 aliphatic carbocycles. The van der Waals surface area contributed by atoms with Crippen molar-refractivity contribution < 1.29 is 25.2 Å². The maximum atomic E-state index is 10.2. The lowest BCUT2D eigenvalue weighted by atomic mass is 10.1. The van der Waals surface area contributed by atoms with E-state index in [0.717, 1.165) is 12.8 Å². The normalized spacial score (nSPS) is 28.4. The van der Waals surface area contributed by atoms with Crippen LogP contribution in [0.15, 0.2) is 25.3 Å². The summed E-state index contributed by atoms with van der Waals surface area (Å²) in [6.07, 6.45) is 3.57. The Hall–Kier alpha value is -3.01. The number of imidazole rings is 2. The minimum atomic E-state index is -1.20. The van der Waals surface area contributed by atoms with Crippen LogP contribution in [0, 0.1) is 0 Å². The quantitative estimate of drug-likeness (QED) is 0.199. The zero-order chi connectivity index (χ0) is 24.5. The van der Waals surface area contributed by atoms with Gasteiger partial charge in [-0.1, -0.05) is 11.6 Å². The van der Waals surface area contributed by atoms with Crippen LogP contribution in [0.5, 0.6) is 0 Å². The lowest BCUT2D eigenvalue weighted by Crippen LogP contribution is -2.33. The molecule has 4 aromatic heterocycles. The first-order valence-corrected chi connectivity index (χ1v) is 11.4. The summed E-state index contributed by atoms with van der Waals surface area (Å²) in [5, 5.41) is 42.7. The van der Waals surface area contributed by atoms with Gasteiger partial charge in [-0.05, 0) is 19.3 Å². The lowest BCUT2D eigenvalue weighted by molar-refractivity contribution is -0.0511. The van der Waals surface area contributed by atoms with Gasteiger partial charge in [0.15, 0.2) is 34.0 Å². The van der Waals surface area contributed by atoms with Gasteiger partial charge in [0.25, 0.3) is 0 Å². The number of nitrogens with one attached hydrogen (secondary N) is 2. The summed E-state index contributed by atoms with van der Waals surface area (Å²) in [5.74, 6) is 0.551. The number of nitrogens with zero attached hydrogens (tertiary/aromatic N) is 7. The Labute approximate surface area is 203 Å². The van der Waals surface area contributed by atoms with E-state index >= 15 is 0 Å². The van der Waals surface area contributed by atoms with Crippen molar-refractivity contribution in [3.63, 3.8) is 0 Å². The van der Waals surface area contributed by atoms with E-state index in [9.17, 15) is 20.4 Å². The van der Waals surface area contributed by atoms with Gasteiger partial charge >= 0.3 is 0 Å². The third-order valence-electron chi connectivity index (χ3n) is 6.07. The maximum Gasteiger partial charge on any atom is 0.182 e. The molecule has 1 aliphatic heterocycles. The Balaban J connectivity index is 0.000000211. The molecule has 14 nitrogen and oxygen atoms in total. The Morgan fingerprint density at radius 2 is 1.89 bits per heavy atom. The number of hydrogen-bond donors (Lipinski definition) is 6. The second-order valence-corrected chi connectivity index (χ2v) is 8.71. The molecule has 0 bridgehead atoms. The fourth-order valence-corrected chi connectivity index (χ4v) is 4.45. The molecule has 0 amide bonds. The number of hydrogen-bond acceptors (Lipinski definition) is 12. The Morgan fingerprint density at radius 1 is 1.06 bits per heavy atom. The van der Waals surface area contributed by atoms with E-state index in [1.807, 2.05) is 0 Å². The van der Waals surface area contributed by atoms with E-state index in [-0.39, 0.29) is 12.1 Å². The van der Waals surface area contributed by atoms with E-state index in [1.165, 1.54) is 29.9 Å². The van der Waals surface area contributed by atoms with Gasteiger partial charge in [-0.3, -0.25) is 4.57 Å². The van der Waals surface area contributed by atoms with Crippen LogP contribution in [0.2, 0.25) is 5.15 Å². The number of aromatic amines is 1. The van der Waals surface area contributed by atoms with Crippen LogP contribution in [0.3, 0.4) is 0 Å². The van der Waals surface area contributed by atoms with Crippen molar-refractivity contribution in [2.45, 2.75) is 55.9 Å². The smallest absolute Gasteiger partial charge is 0.182 e. The molecule has 0 unspecified atom stereocenters. The first-order chi connectivity index (χ1) is 17.0. The lowest BCUT2D eigenvalue weighted by Gasteiger charge is -2.17. The molecular weight excluding hydrogens is 482 g/mol. The topological polar surface area (TPSA) is 200 Å². The summed E-state index contributed by atoms with van der Waals surface area (Å²) in [5.41, 5.74) is 2.25. The van der Waals surface area contributed by atoms with Crippen LogP contribution < -0.4 is 5.32 Å². The third-order valence-corrected chi connectivity index (χ3v) is 6.36. The molecule has 1 saturated heterocycles. The molecule has 2 aliphatic rings. The molecule has 0 radical (unpaired) electrons. The highest BCUT2D eigenvalue weighted by atomic mass is 35.5. The highest BCUT2D eigenvalue weighted by molar-refractivity contribution is 6.33. The number of H-pyrrole nitrogens is 1. The molecule has 35 heavy (non-hydrogen) atoms. The molecule has 6 N–H and O–H groups in total. The van der Waals surface area contributed by atoms with Crippen molar-refractivity contribution in [2.75, 3.05) is 11.9 Å². The zero-order valence-corrected chi connectivity index (χ0v) is 19.1. The van der Waals surface area contributed by atoms with Crippen LogP contribution in [0.4, 0.5) is 5.82 Å². The standard InChI is InChI=1S/C15H21N5O5.C5H3ClN4/c21-4-9-11(23)12(24)15(25-9)20-6-18-10-13(16-5-17-14(10)20)19-7-1-2-8(22)3-7;6-4-3-5(9-1-7-3)10-2-8-4/h5-9,11-12,15,21-24H,1-4H2,(H,16,17,19);1-2H,(H,7,8,9,10)/t7-,8-,9+,11+,12+,15+;/m0./s1. The van der Waals surface area contributed by atoms with Crippen LogP contribution in [0.25, 0.3) is 22.3 Å². The highest BCUT2D eigenvalue weighted by Crippen LogP contribution is 2.32. The van der Waals surface area contributed by atoms with Crippen molar-refractivity contribution >= 4 is 39.7 Å². The molecule has 186 valence electrons. The van der Waals surface area contributed by atoms with E-state index in [0.29, 0.717) is 39.7 Å². The van der Waals surface area contributed by atoms with Crippen LogP contribution in [-0.2, 0) is 4.74 Å². The molecular formula is C20H24ClN9O5. The van der Waals surface area contributed by atoms with Gasteiger partial charge in [0.1, 0.15) is 36.5 Å². The zero-order valence-electron chi connectivity index (χ0n) is 18.3. The molecule has 4 aromatic rings. The van der Waals surface area contributed by atoms with E-state index < -0.39 is 31.1 Å². The van der Waals surface area contributed by atoms with Gasteiger partial charge < -0.3 is 35.5 Å². The molecule has 6 atom stereocenters. The number of fused-ring (bicyclic) bond motifs is 2. The minimum absolute atomic E-state index is 0.118. The summed E-state index contributed by atoms with van der Waals surface area (Å²) in [4.78, 5) is 27.1. The fraction of sp³-hybridized carbons (Fsp3) is 0.500.